The first-order valence-electron chi connectivity index (χ1n) is 9.83. The molecule has 1 unspecified atom stereocenters. The van der Waals surface area contributed by atoms with Gasteiger partial charge in [0.15, 0.2) is 0 Å². The summed E-state index contributed by atoms with van der Waals surface area (Å²) in [5, 5.41) is 8.80. The van der Waals surface area contributed by atoms with Gasteiger partial charge >= 0.3 is 0 Å². The number of hydrogen-bond acceptors (Lipinski definition) is 3. The minimum Gasteiger partial charge on any atom is -0.351 e. The van der Waals surface area contributed by atoms with Gasteiger partial charge in [0.25, 0.3) is 5.91 Å². The predicted octanol–water partition coefficient (Wildman–Crippen LogP) is 4.20. The highest BCUT2D eigenvalue weighted by Gasteiger charge is 2.22. The first kappa shape index (κ1) is 19.9. The second-order valence-corrected chi connectivity index (χ2v) is 8.32. The van der Waals surface area contributed by atoms with Crippen LogP contribution in [0, 0.1) is 6.92 Å². The fraction of sp³-hybridized carbons (Fsp3) is 0.167. The second kappa shape index (κ2) is 8.97. The number of aryl methyl sites for hydroxylation is 1. The van der Waals surface area contributed by atoms with Crippen LogP contribution in [0.3, 0.4) is 0 Å². The lowest BCUT2D eigenvalue weighted by atomic mass is 10.0. The van der Waals surface area contributed by atoms with E-state index in [0.717, 1.165) is 26.9 Å². The Morgan fingerprint density at radius 3 is 2.63 bits per heavy atom. The average molecular weight is 418 g/mol. The fourth-order valence-corrected chi connectivity index (χ4v) is 4.02. The molecular weight excluding hydrogens is 394 g/mol. The van der Waals surface area contributed by atoms with Gasteiger partial charge in [-0.2, -0.15) is 0 Å². The molecule has 0 aliphatic rings. The van der Waals surface area contributed by atoms with E-state index in [4.69, 9.17) is 0 Å². The number of rotatable bonds is 7. The summed E-state index contributed by atoms with van der Waals surface area (Å²) in [6, 6.07) is 20.7. The van der Waals surface area contributed by atoms with Crippen LogP contribution in [-0.2, 0) is 17.8 Å². The second-order valence-electron chi connectivity index (χ2n) is 7.29. The Balaban J connectivity index is 1.51. The summed E-state index contributed by atoms with van der Waals surface area (Å²) in [6.07, 6.45) is 0.419. The smallest absolute Gasteiger partial charge is 0.268 e. The molecule has 3 N–H and O–H groups in total. The summed E-state index contributed by atoms with van der Waals surface area (Å²) in [5.74, 6) is -0.497. The summed E-state index contributed by atoms with van der Waals surface area (Å²) in [4.78, 5) is 30.0. The van der Waals surface area contributed by atoms with Crippen LogP contribution in [0.4, 0.5) is 0 Å². The minimum atomic E-state index is -0.673. The number of thiophene rings is 1. The Morgan fingerprint density at radius 2 is 1.87 bits per heavy atom. The molecule has 0 saturated heterocycles. The van der Waals surface area contributed by atoms with Gasteiger partial charge in [-0.3, -0.25) is 9.59 Å². The monoisotopic (exact) mass is 417 g/mol. The van der Waals surface area contributed by atoms with Gasteiger partial charge in [0.1, 0.15) is 11.7 Å². The maximum Gasteiger partial charge on any atom is 0.268 e. The quantitative estimate of drug-likeness (QED) is 0.422. The molecule has 5 nitrogen and oxygen atoms in total. The summed E-state index contributed by atoms with van der Waals surface area (Å²) in [7, 11) is 0. The van der Waals surface area contributed by atoms with E-state index in [9.17, 15) is 9.59 Å². The summed E-state index contributed by atoms with van der Waals surface area (Å²) < 4.78 is 0. The number of H-pyrrole nitrogens is 1. The molecule has 6 heteroatoms. The molecule has 2 aromatic carbocycles. The van der Waals surface area contributed by atoms with Crippen LogP contribution in [0.5, 0.6) is 0 Å². The van der Waals surface area contributed by atoms with Crippen LogP contribution < -0.4 is 10.6 Å². The van der Waals surface area contributed by atoms with Gasteiger partial charge in [0, 0.05) is 22.2 Å². The van der Waals surface area contributed by atoms with Crippen LogP contribution in [-0.4, -0.2) is 22.8 Å². The van der Waals surface area contributed by atoms with Crippen LogP contribution in [0.1, 0.15) is 26.5 Å². The molecule has 152 valence electrons. The van der Waals surface area contributed by atoms with Gasteiger partial charge in [-0.25, -0.2) is 0 Å². The average Bonchev–Trinajstić information content (AvgIpc) is 3.41. The third kappa shape index (κ3) is 4.78. The Kier molecular flexibility index (Phi) is 5.95. The highest BCUT2D eigenvalue weighted by atomic mass is 32.1. The lowest BCUT2D eigenvalue weighted by Gasteiger charge is -2.18. The summed E-state index contributed by atoms with van der Waals surface area (Å²) in [6.45, 7) is 2.46. The lowest BCUT2D eigenvalue weighted by Crippen LogP contribution is -2.47. The van der Waals surface area contributed by atoms with E-state index in [1.54, 1.807) is 11.3 Å². The van der Waals surface area contributed by atoms with Crippen molar-refractivity contribution < 1.29 is 9.59 Å². The molecular formula is C24H23N3O2S. The molecule has 0 radical (unpaired) electrons. The Bertz CT molecular complexity index is 1150. The van der Waals surface area contributed by atoms with E-state index in [1.165, 1.54) is 0 Å². The van der Waals surface area contributed by atoms with Crippen molar-refractivity contribution in [2.75, 3.05) is 0 Å². The van der Waals surface area contributed by atoms with Crippen molar-refractivity contribution in [2.45, 2.75) is 25.9 Å². The van der Waals surface area contributed by atoms with Gasteiger partial charge < -0.3 is 15.6 Å². The van der Waals surface area contributed by atoms with Crippen molar-refractivity contribution in [3.63, 3.8) is 0 Å². The largest absolute Gasteiger partial charge is 0.351 e. The molecule has 4 rings (SSSR count). The number of amides is 2. The molecule has 2 amide bonds. The molecule has 30 heavy (non-hydrogen) atoms. The Hall–Kier alpha value is -3.38. The van der Waals surface area contributed by atoms with E-state index in [0.29, 0.717) is 18.7 Å². The van der Waals surface area contributed by atoms with Gasteiger partial charge in [0.2, 0.25) is 5.91 Å². The molecule has 0 aliphatic carbocycles. The Labute approximate surface area is 179 Å². The van der Waals surface area contributed by atoms with Crippen molar-refractivity contribution in [1.29, 1.82) is 0 Å². The van der Waals surface area contributed by atoms with Crippen molar-refractivity contribution >= 4 is 34.1 Å². The molecule has 4 aromatic rings. The first-order chi connectivity index (χ1) is 14.6. The van der Waals surface area contributed by atoms with Gasteiger partial charge in [-0.15, -0.1) is 11.3 Å². The zero-order valence-electron chi connectivity index (χ0n) is 16.6. The van der Waals surface area contributed by atoms with Gasteiger partial charge in [0.05, 0.1) is 6.54 Å². The van der Waals surface area contributed by atoms with Crippen molar-refractivity contribution in [3.8, 4) is 0 Å². The molecule has 0 bridgehead atoms. The number of aromatic amines is 1. The molecule has 2 aromatic heterocycles. The van der Waals surface area contributed by atoms with Crippen LogP contribution in [0.2, 0.25) is 0 Å². The predicted molar refractivity (Wildman–Crippen MR) is 121 cm³/mol. The van der Waals surface area contributed by atoms with Crippen molar-refractivity contribution in [3.05, 3.63) is 93.8 Å². The molecule has 2 heterocycles. The van der Waals surface area contributed by atoms with E-state index < -0.39 is 6.04 Å². The van der Waals surface area contributed by atoms with Gasteiger partial charge in [-0.05, 0) is 42.1 Å². The number of aromatic nitrogens is 1. The molecule has 1 atom stereocenters. The number of hydrogen-bond donors (Lipinski definition) is 3. The highest BCUT2D eigenvalue weighted by Crippen LogP contribution is 2.17. The van der Waals surface area contributed by atoms with E-state index in [1.807, 2.05) is 79.0 Å². The number of nitrogens with one attached hydrogen (secondary N) is 3. The third-order valence-corrected chi connectivity index (χ3v) is 5.82. The minimum absolute atomic E-state index is 0.201. The summed E-state index contributed by atoms with van der Waals surface area (Å²) >= 11 is 1.59. The normalized spacial score (nSPS) is 11.9. The number of carbonyl (C=O) groups is 2. The maximum atomic E-state index is 12.9. The topological polar surface area (TPSA) is 74.0 Å². The summed E-state index contributed by atoms with van der Waals surface area (Å²) in [5.41, 5.74) is 3.46. The standard InChI is InChI=1S/C24H23N3O2S/c1-16-9-10-20-18(12-16)14-22(26-20)24(29)27-21(13-17-6-3-2-4-7-17)23(28)25-15-19-8-5-11-30-19/h2-12,14,21,26H,13,15H2,1H3,(H,25,28)(H,27,29). The Morgan fingerprint density at radius 1 is 1.03 bits per heavy atom. The highest BCUT2D eigenvalue weighted by molar-refractivity contribution is 7.09. The zero-order chi connectivity index (χ0) is 20.9. The van der Waals surface area contributed by atoms with E-state index >= 15 is 0 Å². The first-order valence-corrected chi connectivity index (χ1v) is 10.7. The van der Waals surface area contributed by atoms with Crippen LogP contribution in [0.25, 0.3) is 10.9 Å². The van der Waals surface area contributed by atoms with Gasteiger partial charge in [-0.1, -0.05) is 48.0 Å². The number of benzene rings is 2. The zero-order valence-corrected chi connectivity index (χ0v) is 17.5. The fourth-order valence-electron chi connectivity index (χ4n) is 3.38. The number of carbonyl (C=O) groups excluding carboxylic acids is 2. The molecule has 0 saturated carbocycles. The molecule has 0 spiro atoms. The van der Waals surface area contributed by atoms with E-state index in [2.05, 4.69) is 15.6 Å². The maximum absolute atomic E-state index is 12.9. The molecule has 0 fully saturated rings. The van der Waals surface area contributed by atoms with E-state index in [-0.39, 0.29) is 11.8 Å². The molecule has 0 aliphatic heterocycles. The SMILES string of the molecule is Cc1ccc2[nH]c(C(=O)NC(Cc3ccccc3)C(=O)NCc3cccs3)cc2c1. The lowest BCUT2D eigenvalue weighted by molar-refractivity contribution is -0.123. The number of fused-ring (bicyclic) bond motifs is 1. The third-order valence-electron chi connectivity index (χ3n) is 4.94. The van der Waals surface area contributed by atoms with Crippen LogP contribution in [0.15, 0.2) is 72.1 Å². The van der Waals surface area contributed by atoms with Crippen LogP contribution >= 0.6 is 11.3 Å². The van der Waals surface area contributed by atoms with Crippen molar-refractivity contribution in [1.82, 2.24) is 15.6 Å². The van der Waals surface area contributed by atoms with Crippen molar-refractivity contribution in [2.24, 2.45) is 0 Å².